The Bertz CT molecular complexity index is 336. The number of carboxylic acid groups (broad SMARTS) is 1. The lowest BCUT2D eigenvalue weighted by molar-refractivity contribution is -0.140. The van der Waals surface area contributed by atoms with E-state index in [2.05, 4.69) is 5.32 Å². The van der Waals surface area contributed by atoms with Gasteiger partial charge < -0.3 is 15.3 Å². The molecular weight excluding hydrogens is 248 g/mol. The maximum atomic E-state index is 11.7. The highest BCUT2D eigenvalue weighted by Crippen LogP contribution is 2.24. The fourth-order valence-electron chi connectivity index (χ4n) is 1.83. The first-order chi connectivity index (χ1) is 8.71. The van der Waals surface area contributed by atoms with E-state index in [1.807, 2.05) is 13.8 Å². The number of hydrogen-bond acceptors (Lipinski definition) is 3. The third-order valence-corrected chi connectivity index (χ3v) is 2.82. The molecule has 0 radical (unpaired) electrons. The second kappa shape index (κ2) is 7.76. The number of aliphatic carboxylic acids is 1. The molecule has 0 aliphatic heterocycles. The Kier molecular flexibility index (Phi) is 7.11. The SMILES string of the molecule is CCN(CC)C(=O)CNC(=O)CC(C)(C)CC(=O)O. The van der Waals surface area contributed by atoms with E-state index < -0.39 is 11.4 Å². The molecule has 0 atom stereocenters. The molecule has 0 aromatic carbocycles. The number of hydrogen-bond donors (Lipinski definition) is 2. The molecule has 0 aliphatic carbocycles. The molecule has 2 amide bonds. The normalized spacial score (nSPS) is 10.9. The van der Waals surface area contributed by atoms with Crippen molar-refractivity contribution in [1.29, 1.82) is 0 Å². The van der Waals surface area contributed by atoms with Gasteiger partial charge >= 0.3 is 5.97 Å². The molecule has 0 unspecified atom stereocenters. The molecule has 0 aromatic rings. The Morgan fingerprint density at radius 3 is 2.05 bits per heavy atom. The quantitative estimate of drug-likeness (QED) is 0.686. The molecule has 0 bridgehead atoms. The van der Waals surface area contributed by atoms with Crippen molar-refractivity contribution in [2.75, 3.05) is 19.6 Å². The molecule has 0 saturated carbocycles. The van der Waals surface area contributed by atoms with Crippen molar-refractivity contribution in [2.45, 2.75) is 40.5 Å². The zero-order chi connectivity index (χ0) is 15.1. The van der Waals surface area contributed by atoms with Crippen LogP contribution in [0.5, 0.6) is 0 Å². The topological polar surface area (TPSA) is 86.7 Å². The van der Waals surface area contributed by atoms with Crippen LogP contribution in [0.1, 0.15) is 40.5 Å². The minimum Gasteiger partial charge on any atom is -0.481 e. The Hall–Kier alpha value is -1.59. The van der Waals surface area contributed by atoms with Crippen LogP contribution in [-0.2, 0) is 14.4 Å². The van der Waals surface area contributed by atoms with Crippen molar-refractivity contribution in [2.24, 2.45) is 5.41 Å². The lowest BCUT2D eigenvalue weighted by atomic mass is 9.85. The minimum atomic E-state index is -0.933. The highest BCUT2D eigenvalue weighted by Gasteiger charge is 2.25. The first kappa shape index (κ1) is 17.4. The second-order valence-corrected chi connectivity index (χ2v) is 5.25. The Labute approximate surface area is 114 Å². The first-order valence-corrected chi connectivity index (χ1v) is 6.48. The molecule has 0 saturated heterocycles. The van der Waals surface area contributed by atoms with Gasteiger partial charge in [0.2, 0.25) is 11.8 Å². The smallest absolute Gasteiger partial charge is 0.303 e. The fraction of sp³-hybridized carbons (Fsp3) is 0.769. The van der Waals surface area contributed by atoms with Crippen molar-refractivity contribution in [3.63, 3.8) is 0 Å². The van der Waals surface area contributed by atoms with Gasteiger partial charge in [-0.3, -0.25) is 14.4 Å². The van der Waals surface area contributed by atoms with Crippen LogP contribution in [0.4, 0.5) is 0 Å². The highest BCUT2D eigenvalue weighted by atomic mass is 16.4. The third-order valence-electron chi connectivity index (χ3n) is 2.82. The van der Waals surface area contributed by atoms with E-state index in [-0.39, 0.29) is 31.2 Å². The van der Waals surface area contributed by atoms with Gasteiger partial charge in [0.05, 0.1) is 13.0 Å². The van der Waals surface area contributed by atoms with E-state index in [9.17, 15) is 14.4 Å². The Morgan fingerprint density at radius 2 is 1.63 bits per heavy atom. The lowest BCUT2D eigenvalue weighted by Gasteiger charge is -2.22. The van der Waals surface area contributed by atoms with Crippen molar-refractivity contribution >= 4 is 17.8 Å². The predicted octanol–water partition coefficient (Wildman–Crippen LogP) is 0.862. The monoisotopic (exact) mass is 272 g/mol. The molecule has 110 valence electrons. The zero-order valence-corrected chi connectivity index (χ0v) is 12.2. The number of rotatable bonds is 8. The van der Waals surface area contributed by atoms with E-state index in [0.717, 1.165) is 0 Å². The van der Waals surface area contributed by atoms with Crippen molar-refractivity contribution in [3.05, 3.63) is 0 Å². The minimum absolute atomic E-state index is 0.0380. The van der Waals surface area contributed by atoms with Gasteiger partial charge in [0.25, 0.3) is 0 Å². The summed E-state index contributed by atoms with van der Waals surface area (Å²) in [7, 11) is 0. The Balaban J connectivity index is 4.19. The van der Waals surface area contributed by atoms with Gasteiger partial charge in [-0.2, -0.15) is 0 Å². The van der Waals surface area contributed by atoms with Crippen LogP contribution in [0.2, 0.25) is 0 Å². The standard InChI is InChI=1S/C13H24N2O4/c1-5-15(6-2)11(17)9-14-10(16)7-13(3,4)8-12(18)19/h5-9H2,1-4H3,(H,14,16)(H,18,19). The molecule has 6 nitrogen and oxygen atoms in total. The number of nitrogens with zero attached hydrogens (tertiary/aromatic N) is 1. The third kappa shape index (κ3) is 7.43. The first-order valence-electron chi connectivity index (χ1n) is 6.48. The number of carbonyl (C=O) groups excluding carboxylic acids is 2. The number of nitrogens with one attached hydrogen (secondary N) is 1. The lowest BCUT2D eigenvalue weighted by Crippen LogP contribution is -2.41. The molecule has 0 fully saturated rings. The molecular formula is C13H24N2O4. The van der Waals surface area contributed by atoms with Gasteiger partial charge in [0, 0.05) is 19.5 Å². The second-order valence-electron chi connectivity index (χ2n) is 5.25. The van der Waals surface area contributed by atoms with E-state index >= 15 is 0 Å². The van der Waals surface area contributed by atoms with E-state index in [1.54, 1.807) is 18.7 Å². The summed E-state index contributed by atoms with van der Waals surface area (Å²) < 4.78 is 0. The number of amides is 2. The van der Waals surface area contributed by atoms with Gasteiger partial charge in [-0.05, 0) is 19.3 Å². The fourth-order valence-corrected chi connectivity index (χ4v) is 1.83. The van der Waals surface area contributed by atoms with Crippen LogP contribution >= 0.6 is 0 Å². The van der Waals surface area contributed by atoms with Crippen molar-refractivity contribution in [1.82, 2.24) is 10.2 Å². The Morgan fingerprint density at radius 1 is 1.11 bits per heavy atom. The summed E-state index contributed by atoms with van der Waals surface area (Å²) in [4.78, 5) is 35.6. The molecule has 0 spiro atoms. The van der Waals surface area contributed by atoms with Gasteiger partial charge in [-0.25, -0.2) is 0 Å². The summed E-state index contributed by atoms with van der Waals surface area (Å²) in [6, 6.07) is 0. The van der Waals surface area contributed by atoms with Gasteiger partial charge in [-0.15, -0.1) is 0 Å². The molecule has 0 aromatic heterocycles. The number of likely N-dealkylation sites (N-methyl/N-ethyl adjacent to an activating group) is 1. The molecule has 2 N–H and O–H groups in total. The van der Waals surface area contributed by atoms with Crippen LogP contribution in [0.25, 0.3) is 0 Å². The van der Waals surface area contributed by atoms with Gasteiger partial charge in [0.1, 0.15) is 0 Å². The predicted molar refractivity (Wildman–Crippen MR) is 71.6 cm³/mol. The van der Waals surface area contributed by atoms with Crippen LogP contribution in [0.15, 0.2) is 0 Å². The molecule has 0 aliphatic rings. The summed E-state index contributed by atoms with van der Waals surface area (Å²) in [5.74, 6) is -1.36. The summed E-state index contributed by atoms with van der Waals surface area (Å²) >= 11 is 0. The number of carbonyl (C=O) groups is 3. The molecule has 6 heteroatoms. The zero-order valence-electron chi connectivity index (χ0n) is 12.2. The molecule has 0 rings (SSSR count). The van der Waals surface area contributed by atoms with Crippen molar-refractivity contribution in [3.8, 4) is 0 Å². The van der Waals surface area contributed by atoms with Crippen LogP contribution in [0, 0.1) is 5.41 Å². The van der Waals surface area contributed by atoms with E-state index in [1.165, 1.54) is 0 Å². The molecule has 0 heterocycles. The largest absolute Gasteiger partial charge is 0.481 e. The van der Waals surface area contributed by atoms with E-state index in [0.29, 0.717) is 13.1 Å². The highest BCUT2D eigenvalue weighted by molar-refractivity contribution is 5.85. The van der Waals surface area contributed by atoms with Crippen LogP contribution in [0.3, 0.4) is 0 Å². The van der Waals surface area contributed by atoms with E-state index in [4.69, 9.17) is 5.11 Å². The average Bonchev–Trinajstić information content (AvgIpc) is 2.25. The summed E-state index contributed by atoms with van der Waals surface area (Å²) in [5.41, 5.74) is -0.617. The maximum absolute atomic E-state index is 11.7. The number of carboxylic acids is 1. The van der Waals surface area contributed by atoms with Gasteiger partial charge in [0.15, 0.2) is 0 Å². The maximum Gasteiger partial charge on any atom is 0.303 e. The van der Waals surface area contributed by atoms with Crippen molar-refractivity contribution < 1.29 is 19.5 Å². The van der Waals surface area contributed by atoms with Crippen LogP contribution < -0.4 is 5.32 Å². The summed E-state index contributed by atoms with van der Waals surface area (Å²) in [6.07, 6.45) is 0.00917. The van der Waals surface area contributed by atoms with Crippen LogP contribution in [-0.4, -0.2) is 47.4 Å². The van der Waals surface area contributed by atoms with Gasteiger partial charge in [-0.1, -0.05) is 13.8 Å². The average molecular weight is 272 g/mol. The molecule has 19 heavy (non-hydrogen) atoms. The summed E-state index contributed by atoms with van der Waals surface area (Å²) in [5, 5.41) is 11.3. The summed E-state index contributed by atoms with van der Waals surface area (Å²) in [6.45, 7) is 8.35.